The van der Waals surface area contributed by atoms with Crippen molar-refractivity contribution < 1.29 is 17.3 Å². The summed E-state index contributed by atoms with van der Waals surface area (Å²) in [7, 11) is -3.45. The van der Waals surface area contributed by atoms with Crippen LogP contribution in [0.3, 0.4) is 0 Å². The summed E-state index contributed by atoms with van der Waals surface area (Å²) in [5.74, 6) is 0.137. The summed E-state index contributed by atoms with van der Waals surface area (Å²) in [6.07, 6.45) is 0.704. The number of rotatable bonds is 4. The van der Waals surface area contributed by atoms with Crippen LogP contribution in [0.15, 0.2) is 34.9 Å². The van der Waals surface area contributed by atoms with Crippen LogP contribution >= 0.6 is 0 Å². The Hall–Kier alpha value is -1.73. The standard InChI is InChI=1S/C16H19FN2O3S/c1-12-9-15(18-22-12)10-23(20,21)19-8-7-16(2,11-19)13-3-5-14(17)6-4-13/h3-6,9H,7-8,10-11H2,1-2H3. The molecule has 1 atom stereocenters. The van der Waals surface area contributed by atoms with E-state index in [1.165, 1.54) is 16.4 Å². The van der Waals surface area contributed by atoms with Crippen molar-refractivity contribution in [2.75, 3.05) is 13.1 Å². The Balaban J connectivity index is 1.77. The first-order valence-corrected chi connectivity index (χ1v) is 9.05. The predicted octanol–water partition coefficient (Wildman–Crippen LogP) is 2.62. The second kappa shape index (κ2) is 5.72. The minimum absolute atomic E-state index is 0.163. The smallest absolute Gasteiger partial charge is 0.220 e. The Bertz CT molecular complexity index is 801. The Kier molecular flexibility index (Phi) is 4.01. The zero-order chi connectivity index (χ0) is 16.7. The predicted molar refractivity (Wildman–Crippen MR) is 83.8 cm³/mol. The van der Waals surface area contributed by atoms with Crippen molar-refractivity contribution in [3.05, 3.63) is 53.2 Å². The molecule has 0 spiro atoms. The SMILES string of the molecule is Cc1cc(CS(=O)(=O)N2CCC(C)(c3ccc(F)cc3)C2)no1. The minimum atomic E-state index is -3.45. The van der Waals surface area contributed by atoms with E-state index in [1.54, 1.807) is 25.1 Å². The maximum atomic E-state index is 13.1. The van der Waals surface area contributed by atoms with Gasteiger partial charge in [0.25, 0.3) is 0 Å². The van der Waals surface area contributed by atoms with Gasteiger partial charge in [-0.05, 0) is 31.0 Å². The molecule has 7 heteroatoms. The van der Waals surface area contributed by atoms with Crippen molar-refractivity contribution in [3.63, 3.8) is 0 Å². The van der Waals surface area contributed by atoms with Crippen LogP contribution in [0.4, 0.5) is 4.39 Å². The van der Waals surface area contributed by atoms with Crippen molar-refractivity contribution in [1.29, 1.82) is 0 Å². The summed E-state index contributed by atoms with van der Waals surface area (Å²) in [5, 5.41) is 3.75. The van der Waals surface area contributed by atoms with Crippen molar-refractivity contribution in [2.24, 2.45) is 0 Å². The molecule has 1 aromatic heterocycles. The fraction of sp³-hybridized carbons (Fsp3) is 0.438. The van der Waals surface area contributed by atoms with Crippen LogP contribution in [-0.4, -0.2) is 31.0 Å². The number of benzene rings is 1. The van der Waals surface area contributed by atoms with Gasteiger partial charge in [-0.15, -0.1) is 0 Å². The number of nitrogens with zero attached hydrogens (tertiary/aromatic N) is 2. The van der Waals surface area contributed by atoms with Gasteiger partial charge >= 0.3 is 0 Å². The van der Waals surface area contributed by atoms with E-state index in [9.17, 15) is 12.8 Å². The van der Waals surface area contributed by atoms with E-state index in [2.05, 4.69) is 5.16 Å². The maximum absolute atomic E-state index is 13.1. The molecule has 0 aliphatic carbocycles. The average molecular weight is 338 g/mol. The summed E-state index contributed by atoms with van der Waals surface area (Å²) in [6.45, 7) is 4.57. The topological polar surface area (TPSA) is 63.4 Å². The van der Waals surface area contributed by atoms with Crippen LogP contribution < -0.4 is 0 Å². The first-order valence-electron chi connectivity index (χ1n) is 7.45. The number of hydrogen-bond donors (Lipinski definition) is 0. The second-order valence-electron chi connectivity index (χ2n) is 6.34. The lowest BCUT2D eigenvalue weighted by Gasteiger charge is -2.25. The molecule has 1 unspecified atom stereocenters. The first-order chi connectivity index (χ1) is 10.8. The Morgan fingerprint density at radius 2 is 2.04 bits per heavy atom. The number of hydrogen-bond acceptors (Lipinski definition) is 4. The molecule has 0 N–H and O–H groups in total. The monoisotopic (exact) mass is 338 g/mol. The third-order valence-corrected chi connectivity index (χ3v) is 6.14. The van der Waals surface area contributed by atoms with Gasteiger partial charge in [-0.1, -0.05) is 24.2 Å². The van der Waals surface area contributed by atoms with Crippen molar-refractivity contribution in [1.82, 2.24) is 9.46 Å². The molecule has 0 amide bonds. The lowest BCUT2D eigenvalue weighted by Crippen LogP contribution is -2.33. The largest absolute Gasteiger partial charge is 0.361 e. The van der Waals surface area contributed by atoms with Gasteiger partial charge < -0.3 is 4.52 Å². The number of halogens is 1. The van der Waals surface area contributed by atoms with Gasteiger partial charge in [-0.3, -0.25) is 0 Å². The van der Waals surface area contributed by atoms with Gasteiger partial charge in [0.2, 0.25) is 10.0 Å². The Morgan fingerprint density at radius 3 is 2.65 bits per heavy atom. The van der Waals surface area contributed by atoms with Crippen LogP contribution in [0, 0.1) is 12.7 Å². The van der Waals surface area contributed by atoms with Gasteiger partial charge in [-0.25, -0.2) is 17.1 Å². The van der Waals surface area contributed by atoms with E-state index in [0.29, 0.717) is 31.0 Å². The highest BCUT2D eigenvalue weighted by Gasteiger charge is 2.40. The van der Waals surface area contributed by atoms with Crippen molar-refractivity contribution in [3.8, 4) is 0 Å². The van der Waals surface area contributed by atoms with E-state index >= 15 is 0 Å². The summed E-state index contributed by atoms with van der Waals surface area (Å²) >= 11 is 0. The summed E-state index contributed by atoms with van der Waals surface area (Å²) < 4.78 is 44.6. The molecule has 1 saturated heterocycles. The van der Waals surface area contributed by atoms with Gasteiger partial charge in [0, 0.05) is 24.6 Å². The average Bonchev–Trinajstić information content (AvgIpc) is 3.07. The minimum Gasteiger partial charge on any atom is -0.361 e. The normalized spacial score (nSPS) is 22.6. The summed E-state index contributed by atoms with van der Waals surface area (Å²) in [6, 6.07) is 7.91. The lowest BCUT2D eigenvalue weighted by molar-refractivity contribution is 0.391. The Labute approximate surface area is 135 Å². The number of aromatic nitrogens is 1. The fourth-order valence-electron chi connectivity index (χ4n) is 3.01. The second-order valence-corrected chi connectivity index (χ2v) is 8.31. The van der Waals surface area contributed by atoms with Gasteiger partial charge in [0.1, 0.15) is 23.0 Å². The molecule has 0 radical (unpaired) electrons. The highest BCUT2D eigenvalue weighted by molar-refractivity contribution is 7.88. The summed E-state index contributed by atoms with van der Waals surface area (Å²) in [4.78, 5) is 0. The molecule has 2 aromatic rings. The molecular weight excluding hydrogens is 319 g/mol. The first kappa shape index (κ1) is 16.1. The third-order valence-electron chi connectivity index (χ3n) is 4.38. The van der Waals surface area contributed by atoms with Crippen molar-refractivity contribution in [2.45, 2.75) is 31.4 Å². The van der Waals surface area contributed by atoms with Crippen LogP contribution in [0.25, 0.3) is 0 Å². The zero-order valence-corrected chi connectivity index (χ0v) is 13.9. The van der Waals surface area contributed by atoms with Crippen molar-refractivity contribution >= 4 is 10.0 Å². The summed E-state index contributed by atoms with van der Waals surface area (Å²) in [5.41, 5.74) is 1.06. The van der Waals surface area contributed by atoms with Gasteiger partial charge in [0.05, 0.1) is 0 Å². The molecule has 1 aliphatic heterocycles. The van der Waals surface area contributed by atoms with Crippen LogP contribution in [0.5, 0.6) is 0 Å². The van der Waals surface area contributed by atoms with E-state index in [0.717, 1.165) is 5.56 Å². The van der Waals surface area contributed by atoms with E-state index in [1.807, 2.05) is 6.92 Å². The number of sulfonamides is 1. The molecule has 5 nitrogen and oxygen atoms in total. The zero-order valence-electron chi connectivity index (χ0n) is 13.1. The Morgan fingerprint density at radius 1 is 1.35 bits per heavy atom. The number of aryl methyl sites for hydroxylation is 1. The highest BCUT2D eigenvalue weighted by Crippen LogP contribution is 2.36. The lowest BCUT2D eigenvalue weighted by atomic mass is 9.82. The van der Waals surface area contributed by atoms with Gasteiger partial charge in [-0.2, -0.15) is 0 Å². The van der Waals surface area contributed by atoms with Crippen LogP contribution in [0.2, 0.25) is 0 Å². The molecule has 1 aliphatic rings. The van der Waals surface area contributed by atoms with Crippen LogP contribution in [-0.2, 0) is 21.2 Å². The fourth-order valence-corrected chi connectivity index (χ4v) is 4.55. The molecule has 0 saturated carbocycles. The van der Waals surface area contributed by atoms with E-state index in [-0.39, 0.29) is 17.0 Å². The molecule has 2 heterocycles. The molecule has 1 fully saturated rings. The molecular formula is C16H19FN2O3S. The molecule has 124 valence electrons. The molecule has 1 aromatic carbocycles. The van der Waals surface area contributed by atoms with Crippen LogP contribution in [0.1, 0.15) is 30.4 Å². The molecule has 0 bridgehead atoms. The maximum Gasteiger partial charge on any atom is 0.220 e. The van der Waals surface area contributed by atoms with Gasteiger partial charge in [0.15, 0.2) is 0 Å². The quantitative estimate of drug-likeness (QED) is 0.860. The highest BCUT2D eigenvalue weighted by atomic mass is 32.2. The third kappa shape index (κ3) is 3.30. The van der Waals surface area contributed by atoms with E-state index < -0.39 is 10.0 Å². The molecule has 3 rings (SSSR count). The molecule has 23 heavy (non-hydrogen) atoms. The van der Waals surface area contributed by atoms with E-state index in [4.69, 9.17) is 4.52 Å².